The van der Waals surface area contributed by atoms with Gasteiger partial charge in [-0.1, -0.05) is 38.8 Å². The number of unbranched alkanes of at least 4 members (excludes halogenated alkanes) is 1. The van der Waals surface area contributed by atoms with E-state index in [1.807, 2.05) is 0 Å². The van der Waals surface area contributed by atoms with Gasteiger partial charge in [0.1, 0.15) is 0 Å². The highest BCUT2D eigenvalue weighted by Gasteiger charge is 2.38. The van der Waals surface area contributed by atoms with Crippen LogP contribution in [0.4, 0.5) is 0 Å². The predicted octanol–water partition coefficient (Wildman–Crippen LogP) is 3.61. The molecule has 0 radical (unpaired) electrons. The van der Waals surface area contributed by atoms with Gasteiger partial charge in [-0.25, -0.2) is 0 Å². The van der Waals surface area contributed by atoms with Gasteiger partial charge in [-0.05, 0) is 38.1 Å². The minimum absolute atomic E-state index is 0.740. The molecule has 2 rings (SSSR count). The van der Waals surface area contributed by atoms with Crippen molar-refractivity contribution < 1.29 is 0 Å². The first-order chi connectivity index (χ1) is 7.24. The summed E-state index contributed by atoms with van der Waals surface area (Å²) in [4.78, 5) is 2.75. The molecular formula is C14H25N. The van der Waals surface area contributed by atoms with Crippen molar-refractivity contribution in [1.82, 2.24) is 4.90 Å². The molecule has 0 amide bonds. The van der Waals surface area contributed by atoms with Gasteiger partial charge >= 0.3 is 0 Å². The monoisotopic (exact) mass is 207 g/mol. The molecule has 2 unspecified atom stereocenters. The van der Waals surface area contributed by atoms with Gasteiger partial charge in [0.2, 0.25) is 0 Å². The zero-order chi connectivity index (χ0) is 10.8. The molecular weight excluding hydrogens is 182 g/mol. The molecule has 0 aromatic carbocycles. The van der Waals surface area contributed by atoms with Crippen molar-refractivity contribution in [3.05, 3.63) is 11.6 Å². The maximum absolute atomic E-state index is 2.75. The predicted molar refractivity (Wildman–Crippen MR) is 66.0 cm³/mol. The van der Waals surface area contributed by atoms with Gasteiger partial charge in [-0.2, -0.15) is 0 Å². The summed E-state index contributed by atoms with van der Waals surface area (Å²) < 4.78 is 0. The first-order valence-electron chi connectivity index (χ1n) is 6.70. The first-order valence-corrected chi connectivity index (χ1v) is 6.70. The van der Waals surface area contributed by atoms with Crippen LogP contribution in [-0.4, -0.2) is 23.5 Å². The standard InChI is InChI=1S/C14H25N/c1-4-5-7-12-10-14(11(2)3)15-9-6-8-13(12)15/h10-11,13-14H,4-9H2,1-3H3. The van der Waals surface area contributed by atoms with Gasteiger partial charge in [0.25, 0.3) is 0 Å². The van der Waals surface area contributed by atoms with Crippen LogP contribution < -0.4 is 0 Å². The van der Waals surface area contributed by atoms with Crippen molar-refractivity contribution >= 4 is 0 Å². The van der Waals surface area contributed by atoms with Crippen molar-refractivity contribution in [2.75, 3.05) is 6.54 Å². The van der Waals surface area contributed by atoms with Crippen molar-refractivity contribution in [2.24, 2.45) is 5.92 Å². The van der Waals surface area contributed by atoms with Crippen LogP contribution in [-0.2, 0) is 0 Å². The molecule has 0 aliphatic carbocycles. The van der Waals surface area contributed by atoms with Crippen molar-refractivity contribution in [1.29, 1.82) is 0 Å². The van der Waals surface area contributed by atoms with E-state index in [9.17, 15) is 0 Å². The van der Waals surface area contributed by atoms with Crippen molar-refractivity contribution in [2.45, 2.75) is 65.0 Å². The van der Waals surface area contributed by atoms with E-state index >= 15 is 0 Å². The Hall–Kier alpha value is -0.300. The Kier molecular flexibility index (Phi) is 3.50. The molecule has 2 aliphatic rings. The lowest BCUT2D eigenvalue weighted by molar-refractivity contribution is 0.215. The van der Waals surface area contributed by atoms with E-state index in [2.05, 4.69) is 31.7 Å². The van der Waals surface area contributed by atoms with Gasteiger partial charge in [0.15, 0.2) is 0 Å². The number of nitrogens with zero attached hydrogens (tertiary/aromatic N) is 1. The highest BCUT2D eigenvalue weighted by molar-refractivity contribution is 5.24. The number of rotatable bonds is 4. The summed E-state index contributed by atoms with van der Waals surface area (Å²) in [6.07, 6.45) is 9.47. The van der Waals surface area contributed by atoms with Crippen molar-refractivity contribution in [3.63, 3.8) is 0 Å². The molecule has 15 heavy (non-hydrogen) atoms. The molecule has 0 spiro atoms. The molecule has 86 valence electrons. The third-order valence-electron chi connectivity index (χ3n) is 3.99. The first kappa shape index (κ1) is 11.2. The van der Waals surface area contributed by atoms with Crippen LogP contribution in [0.3, 0.4) is 0 Å². The lowest BCUT2D eigenvalue weighted by Gasteiger charge is -2.27. The van der Waals surface area contributed by atoms with E-state index in [-0.39, 0.29) is 0 Å². The Bertz CT molecular complexity index is 242. The fourth-order valence-electron chi connectivity index (χ4n) is 3.18. The normalized spacial score (nSPS) is 31.1. The van der Waals surface area contributed by atoms with Gasteiger partial charge < -0.3 is 0 Å². The Labute approximate surface area is 94.5 Å². The zero-order valence-electron chi connectivity index (χ0n) is 10.5. The molecule has 2 heterocycles. The maximum atomic E-state index is 2.75. The molecule has 1 fully saturated rings. The second-order valence-electron chi connectivity index (χ2n) is 5.48. The molecule has 2 aliphatic heterocycles. The average molecular weight is 207 g/mol. The summed E-state index contributed by atoms with van der Waals surface area (Å²) >= 11 is 0. The summed E-state index contributed by atoms with van der Waals surface area (Å²) in [5.41, 5.74) is 1.76. The summed E-state index contributed by atoms with van der Waals surface area (Å²) in [5.74, 6) is 0.782. The molecule has 0 N–H and O–H groups in total. The molecule has 2 atom stereocenters. The lowest BCUT2D eigenvalue weighted by atomic mass is 9.99. The van der Waals surface area contributed by atoms with Gasteiger partial charge in [0, 0.05) is 12.1 Å². The van der Waals surface area contributed by atoms with Crippen LogP contribution in [0, 0.1) is 5.92 Å². The Balaban J connectivity index is 2.05. The van der Waals surface area contributed by atoms with Gasteiger partial charge in [-0.15, -0.1) is 0 Å². The maximum Gasteiger partial charge on any atom is 0.0314 e. The molecule has 1 nitrogen and oxygen atoms in total. The molecule has 1 saturated heterocycles. The van der Waals surface area contributed by atoms with E-state index < -0.39 is 0 Å². The Morgan fingerprint density at radius 1 is 1.47 bits per heavy atom. The minimum Gasteiger partial charge on any atom is -0.290 e. The van der Waals surface area contributed by atoms with Crippen molar-refractivity contribution in [3.8, 4) is 0 Å². The highest BCUT2D eigenvalue weighted by Crippen LogP contribution is 2.37. The summed E-state index contributed by atoms with van der Waals surface area (Å²) in [6, 6.07) is 1.56. The van der Waals surface area contributed by atoms with Crippen LogP contribution in [0.1, 0.15) is 52.9 Å². The molecule has 1 heteroatoms. The highest BCUT2D eigenvalue weighted by atomic mass is 15.2. The van der Waals surface area contributed by atoms with Gasteiger partial charge in [0.05, 0.1) is 0 Å². The fraction of sp³-hybridized carbons (Fsp3) is 0.857. The second kappa shape index (κ2) is 4.69. The number of hydrogen-bond acceptors (Lipinski definition) is 1. The van der Waals surface area contributed by atoms with E-state index in [4.69, 9.17) is 0 Å². The Morgan fingerprint density at radius 2 is 2.27 bits per heavy atom. The summed E-state index contributed by atoms with van der Waals surface area (Å²) in [7, 11) is 0. The third kappa shape index (κ3) is 2.13. The molecule has 0 bridgehead atoms. The second-order valence-corrected chi connectivity index (χ2v) is 5.48. The van der Waals surface area contributed by atoms with Gasteiger partial charge in [-0.3, -0.25) is 4.90 Å². The van der Waals surface area contributed by atoms with Crippen LogP contribution in [0.25, 0.3) is 0 Å². The topological polar surface area (TPSA) is 3.24 Å². The Morgan fingerprint density at radius 3 is 2.93 bits per heavy atom. The van der Waals surface area contributed by atoms with E-state index in [1.165, 1.54) is 38.6 Å². The largest absolute Gasteiger partial charge is 0.290 e. The fourth-order valence-corrected chi connectivity index (χ4v) is 3.18. The van der Waals surface area contributed by atoms with E-state index in [0.717, 1.165) is 18.0 Å². The summed E-state index contributed by atoms with van der Waals surface area (Å²) in [6.45, 7) is 8.35. The quantitative estimate of drug-likeness (QED) is 0.637. The minimum atomic E-state index is 0.740. The average Bonchev–Trinajstić information content (AvgIpc) is 2.75. The zero-order valence-corrected chi connectivity index (χ0v) is 10.5. The molecule has 0 saturated carbocycles. The van der Waals surface area contributed by atoms with Crippen LogP contribution in [0.2, 0.25) is 0 Å². The summed E-state index contributed by atoms with van der Waals surface area (Å²) in [5, 5.41) is 0. The third-order valence-corrected chi connectivity index (χ3v) is 3.99. The number of fused-ring (bicyclic) bond motifs is 1. The lowest BCUT2D eigenvalue weighted by Crippen LogP contribution is -2.36. The van der Waals surface area contributed by atoms with Crippen LogP contribution in [0.15, 0.2) is 11.6 Å². The molecule has 0 aromatic rings. The SMILES string of the molecule is CCCCC1=CC(C(C)C)N2CCCC12. The van der Waals surface area contributed by atoms with Crippen LogP contribution in [0.5, 0.6) is 0 Å². The molecule has 0 aromatic heterocycles. The van der Waals surface area contributed by atoms with Crippen LogP contribution >= 0.6 is 0 Å². The smallest absolute Gasteiger partial charge is 0.0314 e. The number of hydrogen-bond donors (Lipinski definition) is 0. The van der Waals surface area contributed by atoms with E-state index in [0.29, 0.717) is 0 Å². The van der Waals surface area contributed by atoms with E-state index in [1.54, 1.807) is 5.57 Å².